The number of amides is 3. The van der Waals surface area contributed by atoms with Crippen LogP contribution in [0.3, 0.4) is 0 Å². The maximum atomic E-state index is 10.9. The molecule has 0 aromatic rings. The molecule has 0 unspecified atom stereocenters. The molecule has 0 aliphatic carbocycles. The molecule has 5 heteroatoms. The van der Waals surface area contributed by atoms with Crippen LogP contribution in [0.1, 0.15) is 0 Å². The van der Waals surface area contributed by atoms with Gasteiger partial charge in [-0.15, -0.1) is 0 Å². The van der Waals surface area contributed by atoms with Crippen molar-refractivity contribution in [1.82, 2.24) is 10.2 Å². The summed E-state index contributed by atoms with van der Waals surface area (Å²) in [7, 11) is 1.44. The van der Waals surface area contributed by atoms with Gasteiger partial charge in [-0.1, -0.05) is 22.6 Å². The molecule has 0 aromatic heterocycles. The summed E-state index contributed by atoms with van der Waals surface area (Å²) >= 11 is 1.90. The van der Waals surface area contributed by atoms with Gasteiger partial charge >= 0.3 is 6.03 Å². The third kappa shape index (κ3) is 1.00. The number of likely N-dealkylation sites (N-methyl/N-ethyl adjacent to an activating group) is 1. The molecule has 1 aliphatic rings. The van der Waals surface area contributed by atoms with Gasteiger partial charge in [0.05, 0.1) is 0 Å². The fourth-order valence-corrected chi connectivity index (χ4v) is 1.02. The molecule has 10 heavy (non-hydrogen) atoms. The van der Waals surface area contributed by atoms with Crippen molar-refractivity contribution in [2.24, 2.45) is 0 Å². The van der Waals surface area contributed by atoms with Gasteiger partial charge in [-0.3, -0.25) is 9.69 Å². The first kappa shape index (κ1) is 7.52. The van der Waals surface area contributed by atoms with E-state index >= 15 is 0 Å². The van der Waals surface area contributed by atoms with Crippen LogP contribution in [0.4, 0.5) is 4.79 Å². The average molecular weight is 252 g/mol. The van der Waals surface area contributed by atoms with Gasteiger partial charge in [0.15, 0.2) is 0 Å². The van der Waals surface area contributed by atoms with Crippen molar-refractivity contribution in [1.29, 1.82) is 0 Å². The van der Waals surface area contributed by atoms with Gasteiger partial charge in [0, 0.05) is 11.1 Å². The lowest BCUT2D eigenvalue weighted by Crippen LogP contribution is -2.25. The van der Waals surface area contributed by atoms with E-state index in [1.54, 1.807) is 4.08 Å². The van der Waals surface area contributed by atoms with Crippen LogP contribution in [0.2, 0.25) is 0 Å². The number of imide groups is 1. The van der Waals surface area contributed by atoms with Gasteiger partial charge in [-0.05, 0) is 0 Å². The molecule has 0 spiro atoms. The molecule has 1 aliphatic heterocycles. The Bertz CT molecular complexity index is 224. The van der Waals surface area contributed by atoms with Gasteiger partial charge in [0.1, 0.15) is 5.70 Å². The van der Waals surface area contributed by atoms with Crippen molar-refractivity contribution in [3.05, 3.63) is 9.78 Å². The number of rotatable bonds is 0. The number of hydrogen-bond donors (Lipinski definition) is 1. The summed E-state index contributed by atoms with van der Waals surface area (Å²) < 4.78 is 1.54. The second-order valence-corrected chi connectivity index (χ2v) is 2.44. The molecule has 4 nitrogen and oxygen atoms in total. The topological polar surface area (TPSA) is 49.4 Å². The van der Waals surface area contributed by atoms with Crippen LogP contribution in [-0.2, 0) is 4.79 Å². The summed E-state index contributed by atoms with van der Waals surface area (Å²) in [5, 5.41) is 2.39. The van der Waals surface area contributed by atoms with Crippen LogP contribution in [0.25, 0.3) is 0 Å². The minimum atomic E-state index is -0.368. The summed E-state index contributed by atoms with van der Waals surface area (Å²) in [6, 6.07) is -0.368. The monoisotopic (exact) mass is 252 g/mol. The lowest BCUT2D eigenvalue weighted by molar-refractivity contribution is -0.121. The summed E-state index contributed by atoms with van der Waals surface area (Å²) in [6.07, 6.45) is 0. The Balaban J connectivity index is 2.92. The smallest absolute Gasteiger partial charge is 0.302 e. The van der Waals surface area contributed by atoms with Crippen molar-refractivity contribution in [2.75, 3.05) is 7.05 Å². The summed E-state index contributed by atoms with van der Waals surface area (Å²) in [6.45, 7) is 0. The summed E-state index contributed by atoms with van der Waals surface area (Å²) in [5.74, 6) is -0.278. The van der Waals surface area contributed by atoms with Gasteiger partial charge in [-0.2, -0.15) is 0 Å². The first-order chi connectivity index (χ1) is 4.66. The molecule has 54 valence electrons. The van der Waals surface area contributed by atoms with Crippen molar-refractivity contribution in [3.63, 3.8) is 0 Å². The number of carbonyl (C=O) groups excluding carboxylic acids is 2. The van der Waals surface area contributed by atoms with E-state index in [1.165, 1.54) is 7.05 Å². The highest BCUT2D eigenvalue weighted by Crippen LogP contribution is 2.07. The number of halogens is 1. The zero-order chi connectivity index (χ0) is 7.72. The number of nitrogens with zero attached hydrogens (tertiary/aromatic N) is 1. The van der Waals surface area contributed by atoms with Crippen molar-refractivity contribution < 1.29 is 9.59 Å². The highest BCUT2D eigenvalue weighted by molar-refractivity contribution is 14.1. The molecule has 3 amide bonds. The van der Waals surface area contributed by atoms with E-state index in [2.05, 4.69) is 5.32 Å². The quantitative estimate of drug-likeness (QED) is 0.386. The second kappa shape index (κ2) is 2.57. The molecular formula is C5H5IN2O2. The van der Waals surface area contributed by atoms with Gasteiger partial charge < -0.3 is 5.32 Å². The Kier molecular flexibility index (Phi) is 1.93. The number of carbonyl (C=O) groups is 2. The molecule has 1 fully saturated rings. The SMILES string of the molecule is CN1C(=O)NC(=CI)C1=O. The van der Waals surface area contributed by atoms with E-state index in [1.807, 2.05) is 22.6 Å². The fourth-order valence-electron chi connectivity index (χ4n) is 0.599. The van der Waals surface area contributed by atoms with Crippen LogP contribution in [0.15, 0.2) is 9.78 Å². The van der Waals surface area contributed by atoms with Crippen molar-refractivity contribution >= 4 is 34.5 Å². The molecule has 1 saturated heterocycles. The Morgan fingerprint density at radius 2 is 2.20 bits per heavy atom. The standard InChI is InChI=1S/C5H5IN2O2/c1-8-4(9)3(2-6)7-5(8)10/h2H,1H3,(H,7,10). The molecule has 1 N–H and O–H groups in total. The lowest BCUT2D eigenvalue weighted by atomic mass is 10.5. The van der Waals surface area contributed by atoms with Crippen LogP contribution >= 0.6 is 22.6 Å². The molecule has 0 saturated carbocycles. The molecule has 0 atom stereocenters. The average Bonchev–Trinajstić information content (AvgIpc) is 2.17. The first-order valence-electron chi connectivity index (χ1n) is 2.56. The highest BCUT2D eigenvalue weighted by atomic mass is 127. The van der Waals surface area contributed by atoms with E-state index in [9.17, 15) is 9.59 Å². The van der Waals surface area contributed by atoms with Crippen LogP contribution in [-0.4, -0.2) is 23.9 Å². The van der Waals surface area contributed by atoms with Gasteiger partial charge in [-0.25, -0.2) is 4.79 Å². The maximum absolute atomic E-state index is 10.9. The zero-order valence-corrected chi connectivity index (χ0v) is 7.38. The highest BCUT2D eigenvalue weighted by Gasteiger charge is 2.29. The third-order valence-electron chi connectivity index (χ3n) is 1.19. The number of hydrogen-bond acceptors (Lipinski definition) is 2. The predicted molar refractivity (Wildman–Crippen MR) is 43.4 cm³/mol. The van der Waals surface area contributed by atoms with Gasteiger partial charge in [0.2, 0.25) is 0 Å². The van der Waals surface area contributed by atoms with E-state index in [-0.39, 0.29) is 11.9 Å². The summed E-state index contributed by atoms with van der Waals surface area (Å²) in [4.78, 5) is 22.7. The maximum Gasteiger partial charge on any atom is 0.328 e. The van der Waals surface area contributed by atoms with E-state index in [0.717, 1.165) is 4.90 Å². The van der Waals surface area contributed by atoms with Crippen molar-refractivity contribution in [2.45, 2.75) is 0 Å². The molecule has 1 heterocycles. The van der Waals surface area contributed by atoms with Crippen LogP contribution in [0.5, 0.6) is 0 Å². The normalized spacial score (nSPS) is 22.2. The van der Waals surface area contributed by atoms with E-state index in [4.69, 9.17) is 0 Å². The molecule has 0 aromatic carbocycles. The third-order valence-corrected chi connectivity index (χ3v) is 1.81. The second-order valence-electron chi connectivity index (χ2n) is 1.82. The summed E-state index contributed by atoms with van der Waals surface area (Å²) in [5.41, 5.74) is 0.341. The Labute approximate surface area is 71.4 Å². The van der Waals surface area contributed by atoms with Crippen LogP contribution in [0, 0.1) is 0 Å². The van der Waals surface area contributed by atoms with Crippen LogP contribution < -0.4 is 5.32 Å². The molecular weight excluding hydrogens is 247 g/mol. The van der Waals surface area contributed by atoms with Crippen molar-refractivity contribution in [3.8, 4) is 0 Å². The lowest BCUT2D eigenvalue weighted by Gasteiger charge is -1.98. The minimum absolute atomic E-state index is 0.278. The molecule has 1 rings (SSSR count). The Hall–Kier alpha value is -0.590. The first-order valence-corrected chi connectivity index (χ1v) is 3.81. The fraction of sp³-hybridized carbons (Fsp3) is 0.200. The van der Waals surface area contributed by atoms with Gasteiger partial charge in [0.25, 0.3) is 5.91 Å². The Morgan fingerprint density at radius 3 is 2.40 bits per heavy atom. The van der Waals surface area contributed by atoms with E-state index in [0.29, 0.717) is 5.70 Å². The molecule has 0 bridgehead atoms. The van der Waals surface area contributed by atoms with E-state index < -0.39 is 0 Å². The minimum Gasteiger partial charge on any atom is -0.302 e. The Morgan fingerprint density at radius 1 is 1.60 bits per heavy atom. The molecule has 0 radical (unpaired) electrons. The predicted octanol–water partition coefficient (Wildman–Crippen LogP) is 0.444. The number of nitrogens with one attached hydrogen (secondary N) is 1. The zero-order valence-electron chi connectivity index (χ0n) is 5.22. The number of urea groups is 1. The largest absolute Gasteiger partial charge is 0.328 e.